The second kappa shape index (κ2) is 2.84. The highest BCUT2D eigenvalue weighted by atomic mass is 15.3. The Hall–Kier alpha value is -1.16. The Balaban J connectivity index is 2.16. The van der Waals surface area contributed by atoms with Crippen molar-refractivity contribution >= 4 is 5.95 Å². The fourth-order valence-corrected chi connectivity index (χ4v) is 1.02. The van der Waals surface area contributed by atoms with E-state index in [-0.39, 0.29) is 0 Å². The lowest BCUT2D eigenvalue weighted by molar-refractivity contribution is 0.855. The number of rotatable bonds is 1. The van der Waals surface area contributed by atoms with Crippen LogP contribution in [0.15, 0.2) is 18.5 Å². The van der Waals surface area contributed by atoms with Gasteiger partial charge in [0, 0.05) is 25.5 Å². The van der Waals surface area contributed by atoms with Crippen LogP contribution < -0.4 is 10.2 Å². The number of anilines is 1. The summed E-state index contributed by atoms with van der Waals surface area (Å²) < 4.78 is 0. The quantitative estimate of drug-likeness (QED) is 0.610. The molecule has 1 saturated heterocycles. The highest BCUT2D eigenvalue weighted by molar-refractivity contribution is 5.30. The zero-order valence-electron chi connectivity index (χ0n) is 6.07. The fourth-order valence-electron chi connectivity index (χ4n) is 1.02. The molecule has 2 heterocycles. The van der Waals surface area contributed by atoms with Crippen molar-refractivity contribution in [3.63, 3.8) is 0 Å². The van der Waals surface area contributed by atoms with Crippen molar-refractivity contribution in [2.75, 3.05) is 18.1 Å². The molecule has 1 fully saturated rings. The van der Waals surface area contributed by atoms with E-state index in [1.807, 2.05) is 12.6 Å². The Morgan fingerprint density at radius 3 is 2.82 bits per heavy atom. The maximum Gasteiger partial charge on any atom is 0.226 e. The lowest BCUT2D eigenvalue weighted by Gasteiger charge is -2.12. The second-order valence-electron chi connectivity index (χ2n) is 2.34. The topological polar surface area (TPSA) is 41.1 Å². The first-order valence-electron chi connectivity index (χ1n) is 3.54. The lowest BCUT2D eigenvalue weighted by Crippen LogP contribution is -2.22. The summed E-state index contributed by atoms with van der Waals surface area (Å²) in [4.78, 5) is 10.3. The Labute approximate surface area is 65.3 Å². The summed E-state index contributed by atoms with van der Waals surface area (Å²) in [5.74, 6) is 0.786. The van der Waals surface area contributed by atoms with Crippen LogP contribution in [0, 0.1) is 6.54 Å². The predicted molar refractivity (Wildman–Crippen MR) is 41.7 cm³/mol. The van der Waals surface area contributed by atoms with Gasteiger partial charge in [0.25, 0.3) is 0 Å². The van der Waals surface area contributed by atoms with E-state index in [1.165, 1.54) is 0 Å². The molecule has 4 heteroatoms. The van der Waals surface area contributed by atoms with Gasteiger partial charge in [0.15, 0.2) is 0 Å². The molecule has 4 nitrogen and oxygen atoms in total. The molecule has 0 spiro atoms. The van der Waals surface area contributed by atoms with Crippen molar-refractivity contribution in [2.24, 2.45) is 0 Å². The zero-order valence-corrected chi connectivity index (χ0v) is 6.07. The van der Waals surface area contributed by atoms with Crippen molar-refractivity contribution in [1.29, 1.82) is 0 Å². The van der Waals surface area contributed by atoms with E-state index in [2.05, 4.69) is 20.2 Å². The lowest BCUT2D eigenvalue weighted by atomic mass is 10.6. The Morgan fingerprint density at radius 1 is 1.36 bits per heavy atom. The van der Waals surface area contributed by atoms with Crippen LogP contribution in [0.4, 0.5) is 5.95 Å². The second-order valence-corrected chi connectivity index (χ2v) is 2.34. The molecule has 0 saturated carbocycles. The molecule has 1 aliphatic heterocycles. The fraction of sp³-hybridized carbons (Fsp3) is 0.286. The first kappa shape index (κ1) is 6.54. The summed E-state index contributed by atoms with van der Waals surface area (Å²) in [6.07, 6.45) is 3.50. The van der Waals surface area contributed by atoms with E-state index in [1.54, 1.807) is 12.4 Å². The molecule has 11 heavy (non-hydrogen) atoms. The molecule has 2 rings (SSSR count). The molecule has 57 valence electrons. The minimum absolute atomic E-state index is 0.786. The van der Waals surface area contributed by atoms with Crippen molar-refractivity contribution in [3.8, 4) is 0 Å². The molecule has 0 atom stereocenters. The highest BCUT2D eigenvalue weighted by Gasteiger charge is 2.12. The molecule has 0 aromatic carbocycles. The maximum atomic E-state index is 4.12. The number of nitrogens with zero attached hydrogens (tertiary/aromatic N) is 3. The number of hydrogen-bond acceptors (Lipinski definition) is 4. The third-order valence-electron chi connectivity index (χ3n) is 1.57. The van der Waals surface area contributed by atoms with Gasteiger partial charge < -0.3 is 4.90 Å². The van der Waals surface area contributed by atoms with Crippen LogP contribution in [-0.2, 0) is 0 Å². The van der Waals surface area contributed by atoms with Crippen molar-refractivity contribution in [2.45, 2.75) is 0 Å². The van der Waals surface area contributed by atoms with Gasteiger partial charge in [0.05, 0.1) is 6.67 Å². The molecule has 0 aliphatic carbocycles. The summed E-state index contributed by atoms with van der Waals surface area (Å²) in [6, 6.07) is 1.82. The van der Waals surface area contributed by atoms with E-state index in [0.717, 1.165) is 19.2 Å². The summed E-state index contributed by atoms with van der Waals surface area (Å²) in [7, 11) is 0. The van der Waals surface area contributed by atoms with Gasteiger partial charge in [-0.15, -0.1) is 0 Å². The van der Waals surface area contributed by atoms with Crippen LogP contribution in [-0.4, -0.2) is 23.2 Å². The summed E-state index contributed by atoms with van der Waals surface area (Å²) in [5, 5.41) is 3.09. The molecule has 0 unspecified atom stereocenters. The molecule has 1 aliphatic rings. The van der Waals surface area contributed by atoms with Gasteiger partial charge in [-0.25, -0.2) is 9.97 Å². The van der Waals surface area contributed by atoms with Crippen molar-refractivity contribution in [3.05, 3.63) is 25.0 Å². The normalized spacial score (nSPS) is 17.3. The first-order valence-corrected chi connectivity index (χ1v) is 3.54. The summed E-state index contributed by atoms with van der Waals surface area (Å²) >= 11 is 0. The van der Waals surface area contributed by atoms with Crippen LogP contribution in [0.2, 0.25) is 0 Å². The average Bonchev–Trinajstić information content (AvgIpc) is 2.58. The van der Waals surface area contributed by atoms with Gasteiger partial charge in [0.1, 0.15) is 0 Å². The van der Waals surface area contributed by atoms with Crippen molar-refractivity contribution in [1.82, 2.24) is 15.3 Å². The predicted octanol–water partition coefficient (Wildman–Crippen LogP) is 0.00549. The van der Waals surface area contributed by atoms with Crippen LogP contribution in [0.3, 0.4) is 0 Å². The van der Waals surface area contributed by atoms with Crippen LogP contribution >= 0.6 is 0 Å². The Bertz CT molecular complexity index is 217. The van der Waals surface area contributed by atoms with E-state index >= 15 is 0 Å². The van der Waals surface area contributed by atoms with Gasteiger partial charge in [-0.05, 0) is 6.07 Å². The number of nitrogens with one attached hydrogen (secondary N) is 1. The molecule has 0 amide bonds. The third kappa shape index (κ3) is 1.30. The molecule has 0 bridgehead atoms. The van der Waals surface area contributed by atoms with Gasteiger partial charge >= 0.3 is 0 Å². The Morgan fingerprint density at radius 2 is 2.18 bits per heavy atom. The van der Waals surface area contributed by atoms with Gasteiger partial charge in [0.2, 0.25) is 5.95 Å². The largest absolute Gasteiger partial charge is 0.326 e. The smallest absolute Gasteiger partial charge is 0.226 e. The third-order valence-corrected chi connectivity index (χ3v) is 1.57. The molecular weight excluding hydrogens is 140 g/mol. The first-order chi connectivity index (χ1) is 5.47. The SMILES string of the molecule is [CH]1CN(c2ncccn2)CN1. The summed E-state index contributed by atoms with van der Waals surface area (Å²) in [6.45, 7) is 3.68. The number of hydrogen-bond donors (Lipinski definition) is 1. The standard InChI is InChI=1S/C7H9N4/c1-2-9-7(10-3-1)11-5-4-8-6-11/h1-4,8H,5-6H2. The van der Waals surface area contributed by atoms with Gasteiger partial charge in [-0.3, -0.25) is 5.32 Å². The van der Waals surface area contributed by atoms with Crippen LogP contribution in [0.25, 0.3) is 0 Å². The van der Waals surface area contributed by atoms with Crippen molar-refractivity contribution < 1.29 is 0 Å². The summed E-state index contributed by atoms with van der Waals surface area (Å²) in [5.41, 5.74) is 0. The van der Waals surface area contributed by atoms with Gasteiger partial charge in [-0.2, -0.15) is 0 Å². The highest BCUT2D eigenvalue weighted by Crippen LogP contribution is 2.06. The minimum atomic E-state index is 0.786. The zero-order chi connectivity index (χ0) is 7.52. The molecule has 1 aromatic heterocycles. The van der Waals surface area contributed by atoms with E-state index in [4.69, 9.17) is 0 Å². The van der Waals surface area contributed by atoms with E-state index in [0.29, 0.717) is 0 Å². The van der Waals surface area contributed by atoms with Gasteiger partial charge in [-0.1, -0.05) is 0 Å². The van der Waals surface area contributed by atoms with E-state index < -0.39 is 0 Å². The van der Waals surface area contributed by atoms with E-state index in [9.17, 15) is 0 Å². The maximum absolute atomic E-state index is 4.12. The molecule has 1 radical (unpaired) electrons. The van der Waals surface area contributed by atoms with Crippen LogP contribution in [0.5, 0.6) is 0 Å². The molecular formula is C7H9N4. The minimum Gasteiger partial charge on any atom is -0.326 e. The van der Waals surface area contributed by atoms with Crippen LogP contribution in [0.1, 0.15) is 0 Å². The molecule has 1 aromatic rings. The molecule has 1 N–H and O–H groups in total. The number of aromatic nitrogens is 2. The average molecular weight is 149 g/mol. The monoisotopic (exact) mass is 149 g/mol. The Kier molecular flexibility index (Phi) is 1.69.